The normalized spacial score (nSPS) is 17.7. The average molecular weight is 212 g/mol. The molecule has 3 rings (SSSR count). The van der Waals surface area contributed by atoms with Crippen LogP contribution in [0.25, 0.3) is 0 Å². The summed E-state index contributed by atoms with van der Waals surface area (Å²) in [5.41, 5.74) is 2.45. The largest absolute Gasteiger partial charge is 0.332 e. The fraction of sp³-hybridized carbons (Fsp3) is 0.231. The second-order valence-corrected chi connectivity index (χ2v) is 4.18. The van der Waals surface area contributed by atoms with Gasteiger partial charge in [-0.3, -0.25) is 4.79 Å². The molecular formula is C13H12N2O. The molecule has 0 amide bonds. The van der Waals surface area contributed by atoms with Crippen molar-refractivity contribution in [3.8, 4) is 0 Å². The van der Waals surface area contributed by atoms with Gasteiger partial charge in [0.1, 0.15) is 0 Å². The van der Waals surface area contributed by atoms with Gasteiger partial charge in [0.2, 0.25) is 5.78 Å². The van der Waals surface area contributed by atoms with Gasteiger partial charge in [-0.05, 0) is 17.5 Å². The molecule has 0 saturated heterocycles. The molecule has 1 aromatic heterocycles. The van der Waals surface area contributed by atoms with E-state index in [-0.39, 0.29) is 11.7 Å². The van der Waals surface area contributed by atoms with Gasteiger partial charge in [-0.15, -0.1) is 0 Å². The first-order chi connectivity index (χ1) is 7.77. The number of aromatic nitrogens is 2. The molecule has 0 spiro atoms. The van der Waals surface area contributed by atoms with Crippen LogP contribution in [-0.4, -0.2) is 15.3 Å². The van der Waals surface area contributed by atoms with Crippen molar-refractivity contribution in [1.29, 1.82) is 0 Å². The quantitative estimate of drug-likeness (QED) is 0.713. The zero-order valence-corrected chi connectivity index (χ0v) is 9.05. The third-order valence-electron chi connectivity index (χ3n) is 3.21. The first-order valence-corrected chi connectivity index (χ1v) is 5.36. The summed E-state index contributed by atoms with van der Waals surface area (Å²) in [6, 6.07) is 8.11. The SMILES string of the molecule is Cn1ccnc1C(=O)C1Cc2ccccc21. The molecule has 1 aliphatic rings. The van der Waals surface area contributed by atoms with Gasteiger partial charge in [-0.2, -0.15) is 0 Å². The molecule has 1 aliphatic carbocycles. The van der Waals surface area contributed by atoms with E-state index in [9.17, 15) is 4.79 Å². The van der Waals surface area contributed by atoms with Crippen LogP contribution in [0, 0.1) is 0 Å². The van der Waals surface area contributed by atoms with E-state index >= 15 is 0 Å². The Bertz CT molecular complexity index is 557. The Hall–Kier alpha value is -1.90. The zero-order valence-electron chi connectivity index (χ0n) is 9.05. The number of nitrogens with zero attached hydrogens (tertiary/aromatic N) is 2. The molecule has 0 N–H and O–H groups in total. The molecule has 0 saturated carbocycles. The Morgan fingerprint density at radius 2 is 2.25 bits per heavy atom. The lowest BCUT2D eigenvalue weighted by Crippen LogP contribution is -2.27. The number of aryl methyl sites for hydroxylation is 1. The summed E-state index contributed by atoms with van der Waals surface area (Å²) in [7, 11) is 1.85. The fourth-order valence-electron chi connectivity index (χ4n) is 2.25. The van der Waals surface area contributed by atoms with Crippen molar-refractivity contribution in [2.45, 2.75) is 12.3 Å². The van der Waals surface area contributed by atoms with Crippen LogP contribution in [0.5, 0.6) is 0 Å². The minimum Gasteiger partial charge on any atom is -0.332 e. The first-order valence-electron chi connectivity index (χ1n) is 5.36. The van der Waals surface area contributed by atoms with Gasteiger partial charge in [0, 0.05) is 19.4 Å². The summed E-state index contributed by atoms with van der Waals surface area (Å²) >= 11 is 0. The van der Waals surface area contributed by atoms with Gasteiger partial charge in [0.15, 0.2) is 5.82 Å². The Morgan fingerprint density at radius 3 is 2.94 bits per heavy atom. The van der Waals surface area contributed by atoms with Crippen molar-refractivity contribution in [3.05, 3.63) is 53.6 Å². The Morgan fingerprint density at radius 1 is 1.44 bits per heavy atom. The number of hydrogen-bond donors (Lipinski definition) is 0. The number of Topliss-reactive ketones (excluding diaryl/α,β-unsaturated/α-hetero) is 1. The average Bonchev–Trinajstić information content (AvgIpc) is 2.66. The second kappa shape index (κ2) is 3.30. The minimum absolute atomic E-state index is 0.0114. The smallest absolute Gasteiger partial charge is 0.206 e. The van der Waals surface area contributed by atoms with E-state index in [0.717, 1.165) is 12.0 Å². The molecule has 3 nitrogen and oxygen atoms in total. The number of imidazole rings is 1. The Balaban J connectivity index is 1.93. The number of benzene rings is 1. The molecule has 0 radical (unpaired) electrons. The maximum atomic E-state index is 12.2. The number of fused-ring (bicyclic) bond motifs is 1. The van der Waals surface area contributed by atoms with Crippen LogP contribution < -0.4 is 0 Å². The van der Waals surface area contributed by atoms with Gasteiger partial charge in [-0.1, -0.05) is 24.3 Å². The van der Waals surface area contributed by atoms with Crippen molar-refractivity contribution in [2.75, 3.05) is 0 Å². The van der Waals surface area contributed by atoms with Crippen LogP contribution in [-0.2, 0) is 13.5 Å². The molecule has 1 aromatic carbocycles. The predicted molar refractivity (Wildman–Crippen MR) is 60.4 cm³/mol. The lowest BCUT2D eigenvalue weighted by Gasteiger charge is -2.28. The zero-order chi connectivity index (χ0) is 11.1. The molecule has 2 aromatic rings. The maximum absolute atomic E-state index is 12.2. The summed E-state index contributed by atoms with van der Waals surface area (Å²) < 4.78 is 1.78. The maximum Gasteiger partial charge on any atom is 0.206 e. The lowest BCUT2D eigenvalue weighted by molar-refractivity contribution is 0.0935. The van der Waals surface area contributed by atoms with Crippen molar-refractivity contribution in [1.82, 2.24) is 9.55 Å². The van der Waals surface area contributed by atoms with Crippen molar-refractivity contribution in [2.24, 2.45) is 7.05 Å². The summed E-state index contributed by atoms with van der Waals surface area (Å²) in [6.07, 6.45) is 4.32. The van der Waals surface area contributed by atoms with E-state index < -0.39 is 0 Å². The van der Waals surface area contributed by atoms with Crippen LogP contribution in [0.15, 0.2) is 36.7 Å². The van der Waals surface area contributed by atoms with Crippen LogP contribution in [0.4, 0.5) is 0 Å². The molecule has 1 unspecified atom stereocenters. The summed E-state index contributed by atoms with van der Waals surface area (Å²) in [6.45, 7) is 0. The van der Waals surface area contributed by atoms with Crippen LogP contribution in [0.2, 0.25) is 0 Å². The highest BCUT2D eigenvalue weighted by molar-refractivity contribution is 6.00. The monoisotopic (exact) mass is 212 g/mol. The standard InChI is InChI=1S/C13H12N2O/c1-15-7-6-14-13(15)12(16)11-8-9-4-2-3-5-10(9)11/h2-7,11H,8H2,1H3. The van der Waals surface area contributed by atoms with Crippen LogP contribution >= 0.6 is 0 Å². The van der Waals surface area contributed by atoms with E-state index in [1.54, 1.807) is 17.0 Å². The van der Waals surface area contributed by atoms with E-state index in [1.807, 2.05) is 25.2 Å². The first kappa shape index (κ1) is 9.33. The molecule has 80 valence electrons. The van der Waals surface area contributed by atoms with Crippen molar-refractivity contribution in [3.63, 3.8) is 0 Å². The number of ketones is 1. The van der Waals surface area contributed by atoms with Gasteiger partial charge in [0.25, 0.3) is 0 Å². The van der Waals surface area contributed by atoms with E-state index in [4.69, 9.17) is 0 Å². The van der Waals surface area contributed by atoms with E-state index in [1.165, 1.54) is 5.56 Å². The Kier molecular flexibility index (Phi) is 1.93. The van der Waals surface area contributed by atoms with Gasteiger partial charge >= 0.3 is 0 Å². The molecule has 16 heavy (non-hydrogen) atoms. The van der Waals surface area contributed by atoms with Crippen molar-refractivity contribution >= 4 is 5.78 Å². The second-order valence-electron chi connectivity index (χ2n) is 4.18. The van der Waals surface area contributed by atoms with Crippen LogP contribution in [0.1, 0.15) is 27.7 Å². The minimum atomic E-state index is 0.0114. The summed E-state index contributed by atoms with van der Waals surface area (Å²) in [5, 5.41) is 0. The lowest BCUT2D eigenvalue weighted by atomic mass is 9.75. The van der Waals surface area contributed by atoms with E-state index in [2.05, 4.69) is 11.1 Å². The third-order valence-corrected chi connectivity index (χ3v) is 3.21. The highest BCUT2D eigenvalue weighted by Gasteiger charge is 2.33. The molecule has 0 fully saturated rings. The summed E-state index contributed by atoms with van der Waals surface area (Å²) in [4.78, 5) is 16.3. The molecule has 0 aliphatic heterocycles. The molecule has 0 bridgehead atoms. The number of hydrogen-bond acceptors (Lipinski definition) is 2. The van der Waals surface area contributed by atoms with Gasteiger partial charge < -0.3 is 4.57 Å². The highest BCUT2D eigenvalue weighted by atomic mass is 16.1. The topological polar surface area (TPSA) is 34.9 Å². The molecule has 3 heteroatoms. The fourth-order valence-corrected chi connectivity index (χ4v) is 2.25. The van der Waals surface area contributed by atoms with Crippen molar-refractivity contribution < 1.29 is 4.79 Å². The molecule has 1 atom stereocenters. The van der Waals surface area contributed by atoms with Gasteiger partial charge in [-0.25, -0.2) is 4.98 Å². The number of carbonyl (C=O) groups excluding carboxylic acids is 1. The highest BCUT2D eigenvalue weighted by Crippen LogP contribution is 2.36. The molecular weight excluding hydrogens is 200 g/mol. The van der Waals surface area contributed by atoms with E-state index in [0.29, 0.717) is 5.82 Å². The van der Waals surface area contributed by atoms with Gasteiger partial charge in [0.05, 0.1) is 5.92 Å². The van der Waals surface area contributed by atoms with Crippen LogP contribution in [0.3, 0.4) is 0 Å². The third kappa shape index (κ3) is 1.21. The molecule has 1 heterocycles. The Labute approximate surface area is 93.7 Å². The summed E-state index contributed by atoms with van der Waals surface area (Å²) in [5.74, 6) is 0.697. The number of rotatable bonds is 2. The number of carbonyl (C=O) groups is 1. The predicted octanol–water partition coefficient (Wildman–Crippen LogP) is 1.94.